The molecule has 1 atom stereocenters. The van der Waals surface area contributed by atoms with E-state index in [1.807, 2.05) is 0 Å². The van der Waals surface area contributed by atoms with Crippen molar-refractivity contribution in [3.05, 3.63) is 35.8 Å². The molecular weight excluding hydrogens is 230 g/mol. The molecule has 0 radical (unpaired) electrons. The second kappa shape index (κ2) is 6.16. The summed E-state index contributed by atoms with van der Waals surface area (Å²) < 4.78 is 5.22. The maximum Gasteiger partial charge on any atom is 0.232 e. The van der Waals surface area contributed by atoms with Crippen LogP contribution >= 0.6 is 0 Å². The molecule has 1 amide bonds. The van der Waals surface area contributed by atoms with Crippen molar-refractivity contribution >= 4 is 12.1 Å². The fourth-order valence-corrected chi connectivity index (χ4v) is 1.83. The van der Waals surface area contributed by atoms with E-state index in [-0.39, 0.29) is 12.5 Å². The first-order valence-electron chi connectivity index (χ1n) is 6.01. The molecule has 3 N–H and O–H groups in total. The first kappa shape index (κ1) is 12.6. The highest BCUT2D eigenvalue weighted by molar-refractivity contribution is 5.86. The molecule has 1 aromatic heterocycles. The van der Waals surface area contributed by atoms with Crippen molar-refractivity contribution in [3.63, 3.8) is 0 Å². The maximum absolute atomic E-state index is 12.0. The first-order valence-corrected chi connectivity index (χ1v) is 6.01. The van der Waals surface area contributed by atoms with E-state index in [1.165, 1.54) is 0 Å². The minimum Gasteiger partial charge on any atom is -0.468 e. The quantitative estimate of drug-likeness (QED) is 0.809. The van der Waals surface area contributed by atoms with Gasteiger partial charge in [-0.25, -0.2) is 0 Å². The van der Waals surface area contributed by atoms with Crippen molar-refractivity contribution in [2.45, 2.75) is 12.3 Å². The minimum absolute atomic E-state index is 0.118. The summed E-state index contributed by atoms with van der Waals surface area (Å²) in [6.07, 6.45) is 6.35. The van der Waals surface area contributed by atoms with Gasteiger partial charge in [-0.2, -0.15) is 0 Å². The fourth-order valence-electron chi connectivity index (χ4n) is 1.83. The van der Waals surface area contributed by atoms with Crippen LogP contribution in [0.15, 0.2) is 39.5 Å². The van der Waals surface area contributed by atoms with E-state index in [9.17, 15) is 4.79 Å². The normalized spacial score (nSPS) is 16.2. The van der Waals surface area contributed by atoms with Gasteiger partial charge in [-0.15, -0.1) is 0 Å². The van der Waals surface area contributed by atoms with E-state index >= 15 is 0 Å². The molecule has 1 aliphatic heterocycles. The fraction of sp³-hybridized carbons (Fsp3) is 0.385. The van der Waals surface area contributed by atoms with Crippen molar-refractivity contribution in [2.75, 3.05) is 19.6 Å². The third-order valence-electron chi connectivity index (χ3n) is 2.83. The summed E-state index contributed by atoms with van der Waals surface area (Å²) in [5.41, 5.74) is 6.64. The molecule has 0 fully saturated rings. The molecule has 1 aromatic rings. The number of dihydropyridines is 1. The van der Waals surface area contributed by atoms with Gasteiger partial charge in [0.1, 0.15) is 11.7 Å². The second-order valence-corrected chi connectivity index (χ2v) is 4.12. The molecule has 0 spiro atoms. The van der Waals surface area contributed by atoms with Gasteiger partial charge in [0.2, 0.25) is 5.91 Å². The molecular formula is C13H17N3O2. The molecule has 0 aliphatic carbocycles. The van der Waals surface area contributed by atoms with Gasteiger partial charge in [0.25, 0.3) is 0 Å². The van der Waals surface area contributed by atoms with E-state index in [0.29, 0.717) is 12.3 Å². The molecule has 0 saturated carbocycles. The third-order valence-corrected chi connectivity index (χ3v) is 2.83. The Morgan fingerprint density at radius 1 is 1.61 bits per heavy atom. The maximum atomic E-state index is 12.0. The van der Waals surface area contributed by atoms with E-state index in [0.717, 1.165) is 18.5 Å². The summed E-state index contributed by atoms with van der Waals surface area (Å²) in [6.45, 7) is 1.54. The monoisotopic (exact) mass is 247 g/mol. The number of hydrogen-bond donors (Lipinski definition) is 2. The molecule has 2 heterocycles. The van der Waals surface area contributed by atoms with Crippen molar-refractivity contribution in [1.29, 1.82) is 0 Å². The number of aliphatic imine (C=N–C) groups is 1. The lowest BCUT2D eigenvalue weighted by atomic mass is 10.1. The average Bonchev–Trinajstić information content (AvgIpc) is 2.92. The zero-order valence-corrected chi connectivity index (χ0v) is 10.1. The van der Waals surface area contributed by atoms with Gasteiger partial charge < -0.3 is 15.5 Å². The van der Waals surface area contributed by atoms with Gasteiger partial charge in [-0.1, -0.05) is 6.08 Å². The molecule has 0 bridgehead atoms. The van der Waals surface area contributed by atoms with Gasteiger partial charge >= 0.3 is 0 Å². The molecule has 5 nitrogen and oxygen atoms in total. The predicted molar refractivity (Wildman–Crippen MR) is 69.6 cm³/mol. The van der Waals surface area contributed by atoms with Crippen LogP contribution in [0, 0.1) is 0 Å². The average molecular weight is 247 g/mol. The van der Waals surface area contributed by atoms with Gasteiger partial charge in [-0.3, -0.25) is 9.79 Å². The van der Waals surface area contributed by atoms with Crippen LogP contribution in [0.3, 0.4) is 0 Å². The summed E-state index contributed by atoms with van der Waals surface area (Å²) in [5.74, 6) is 0.0507. The van der Waals surface area contributed by atoms with Gasteiger partial charge in [0.15, 0.2) is 0 Å². The highest BCUT2D eigenvalue weighted by atomic mass is 16.3. The van der Waals surface area contributed by atoms with Gasteiger partial charge in [-0.05, 0) is 24.1 Å². The first-order chi connectivity index (χ1) is 8.81. The van der Waals surface area contributed by atoms with Crippen molar-refractivity contribution in [1.82, 2.24) is 5.32 Å². The van der Waals surface area contributed by atoms with Gasteiger partial charge in [0.05, 0.1) is 6.26 Å². The molecule has 0 unspecified atom stereocenters. The minimum atomic E-state index is -0.430. The zero-order valence-electron chi connectivity index (χ0n) is 10.1. The highest BCUT2D eigenvalue weighted by Gasteiger charge is 2.21. The van der Waals surface area contributed by atoms with Crippen molar-refractivity contribution in [3.8, 4) is 0 Å². The van der Waals surface area contributed by atoms with Crippen LogP contribution in [0.1, 0.15) is 18.1 Å². The van der Waals surface area contributed by atoms with Crippen LogP contribution in [0.4, 0.5) is 0 Å². The predicted octanol–water partition coefficient (Wildman–Crippen LogP) is 0.839. The van der Waals surface area contributed by atoms with E-state index < -0.39 is 5.92 Å². The summed E-state index contributed by atoms with van der Waals surface area (Å²) in [7, 11) is 0. The van der Waals surface area contributed by atoms with Crippen LogP contribution in [0.5, 0.6) is 0 Å². The van der Waals surface area contributed by atoms with Crippen molar-refractivity contribution < 1.29 is 9.21 Å². The third kappa shape index (κ3) is 3.07. The number of nitrogens with zero attached hydrogens (tertiary/aromatic N) is 1. The zero-order chi connectivity index (χ0) is 12.8. The Kier molecular flexibility index (Phi) is 4.30. The number of nitrogens with one attached hydrogen (secondary N) is 1. The van der Waals surface area contributed by atoms with Crippen LogP contribution in [-0.2, 0) is 4.79 Å². The standard InChI is InChI=1S/C13H17N3O2/c14-7-11(12-4-2-6-18-12)13(17)16-9-10-3-1-5-15-8-10/h2-4,6,8,11H,1,5,7,9,14H2,(H,16,17)/t11-/m1/s1. The molecule has 0 saturated heterocycles. The Morgan fingerprint density at radius 3 is 3.11 bits per heavy atom. The molecule has 0 aromatic carbocycles. The Bertz CT molecular complexity index is 449. The Morgan fingerprint density at radius 2 is 2.50 bits per heavy atom. The lowest BCUT2D eigenvalue weighted by Gasteiger charge is -2.13. The summed E-state index contributed by atoms with van der Waals surface area (Å²) >= 11 is 0. The largest absolute Gasteiger partial charge is 0.468 e. The van der Waals surface area contributed by atoms with E-state index in [2.05, 4.69) is 16.4 Å². The Balaban J connectivity index is 1.90. The summed E-state index contributed by atoms with van der Waals surface area (Å²) in [6, 6.07) is 3.51. The van der Waals surface area contributed by atoms with Crippen molar-refractivity contribution in [2.24, 2.45) is 10.7 Å². The highest BCUT2D eigenvalue weighted by Crippen LogP contribution is 2.15. The van der Waals surface area contributed by atoms with Gasteiger partial charge in [0, 0.05) is 25.8 Å². The second-order valence-electron chi connectivity index (χ2n) is 4.12. The smallest absolute Gasteiger partial charge is 0.232 e. The number of carbonyl (C=O) groups is 1. The molecule has 96 valence electrons. The molecule has 2 rings (SSSR count). The molecule has 1 aliphatic rings. The topological polar surface area (TPSA) is 80.6 Å². The van der Waals surface area contributed by atoms with Crippen LogP contribution in [-0.4, -0.2) is 31.8 Å². The number of furan rings is 1. The lowest BCUT2D eigenvalue weighted by molar-refractivity contribution is -0.122. The number of carbonyl (C=O) groups excluding carboxylic acids is 1. The molecule has 5 heteroatoms. The number of hydrogen-bond acceptors (Lipinski definition) is 4. The van der Waals surface area contributed by atoms with Crippen LogP contribution in [0.25, 0.3) is 0 Å². The number of nitrogens with two attached hydrogens (primary N) is 1. The summed E-state index contributed by atoms with van der Waals surface area (Å²) in [4.78, 5) is 16.2. The summed E-state index contributed by atoms with van der Waals surface area (Å²) in [5, 5.41) is 2.85. The van der Waals surface area contributed by atoms with Crippen LogP contribution < -0.4 is 11.1 Å². The Hall–Kier alpha value is -1.88. The van der Waals surface area contributed by atoms with E-state index in [1.54, 1.807) is 24.6 Å². The number of rotatable bonds is 5. The number of amides is 1. The van der Waals surface area contributed by atoms with Crippen LogP contribution in [0.2, 0.25) is 0 Å². The molecule has 18 heavy (non-hydrogen) atoms. The Labute approximate surface area is 106 Å². The van der Waals surface area contributed by atoms with E-state index in [4.69, 9.17) is 10.2 Å². The lowest BCUT2D eigenvalue weighted by Crippen LogP contribution is -2.34. The SMILES string of the molecule is NC[C@@H](C(=O)NCC1=CCCN=C1)c1ccco1.